The van der Waals surface area contributed by atoms with E-state index in [1.54, 1.807) is 12.1 Å². The molecule has 3 heterocycles. The summed E-state index contributed by atoms with van der Waals surface area (Å²) in [5.74, 6) is -0.942. The highest BCUT2D eigenvalue weighted by Gasteiger charge is 2.24. The highest BCUT2D eigenvalue weighted by atomic mass is 35.5. The maximum atomic E-state index is 13.1. The molecule has 180 valence electrons. The summed E-state index contributed by atoms with van der Waals surface area (Å²) in [6.45, 7) is -3.33. The summed E-state index contributed by atoms with van der Waals surface area (Å²) in [7, 11) is 0. The lowest BCUT2D eigenvalue weighted by Gasteiger charge is -2.35. The van der Waals surface area contributed by atoms with Gasteiger partial charge in [0.15, 0.2) is 12.3 Å². The summed E-state index contributed by atoms with van der Waals surface area (Å²) in [6.07, 6.45) is 2.88. The molecule has 4 rings (SSSR count). The number of likely N-dealkylation sites (N-methyl/N-ethyl adjacent to an activating group) is 1. The molecular formula is C25H30ClN5O3. The monoisotopic (exact) mass is 491 g/mol. The van der Waals surface area contributed by atoms with Crippen molar-refractivity contribution in [1.29, 1.82) is 0 Å². The minimum atomic E-state index is -3.31. The Morgan fingerprint density at radius 1 is 1.32 bits per heavy atom. The summed E-state index contributed by atoms with van der Waals surface area (Å²) in [4.78, 5) is 36.5. The zero-order chi connectivity index (χ0) is 31.2. The molecule has 9 heteroatoms. The van der Waals surface area contributed by atoms with E-state index in [1.807, 2.05) is 0 Å². The number of carbonyl (C=O) groups is 1. The molecular weight excluding hydrogens is 454 g/mol. The Morgan fingerprint density at radius 3 is 2.85 bits per heavy atom. The van der Waals surface area contributed by atoms with Crippen LogP contribution in [-0.2, 0) is 18.2 Å². The fraction of sp³-hybridized carbons (Fsp3) is 0.440. The van der Waals surface area contributed by atoms with Crippen LogP contribution in [0.1, 0.15) is 42.5 Å². The second-order valence-electron chi connectivity index (χ2n) is 8.69. The first-order valence-corrected chi connectivity index (χ1v) is 11.2. The molecule has 2 atom stereocenters. The van der Waals surface area contributed by atoms with Crippen LogP contribution >= 0.6 is 11.6 Å². The number of rotatable bonds is 6. The molecule has 0 radical (unpaired) electrons. The summed E-state index contributed by atoms with van der Waals surface area (Å²) < 4.78 is 66.3. The Balaban J connectivity index is 1.72. The number of halogens is 1. The number of ether oxygens (including phenoxy) is 1. The molecule has 0 spiro atoms. The predicted octanol–water partition coefficient (Wildman–Crippen LogP) is 3.18. The van der Waals surface area contributed by atoms with Crippen molar-refractivity contribution in [2.24, 2.45) is 18.8 Å². The van der Waals surface area contributed by atoms with Crippen LogP contribution in [0.15, 0.2) is 35.3 Å². The molecule has 1 aliphatic heterocycles. The van der Waals surface area contributed by atoms with Gasteiger partial charge >= 0.3 is 0 Å². The normalized spacial score (nSPS) is 22.9. The zero-order valence-corrected chi connectivity index (χ0v) is 19.5. The van der Waals surface area contributed by atoms with Crippen LogP contribution in [-0.4, -0.2) is 47.1 Å². The number of anilines is 1. The molecule has 1 amide bonds. The zero-order valence-electron chi connectivity index (χ0n) is 26.8. The number of aromatic nitrogens is 3. The number of pyridine rings is 1. The number of piperidine rings is 1. The molecule has 0 bridgehead atoms. The molecule has 0 unspecified atom stereocenters. The van der Waals surface area contributed by atoms with E-state index in [1.165, 1.54) is 17.6 Å². The van der Waals surface area contributed by atoms with Crippen LogP contribution in [0.25, 0.3) is 10.9 Å². The van der Waals surface area contributed by atoms with Gasteiger partial charge in [0.25, 0.3) is 11.5 Å². The SMILES string of the molecule is [2H]C([2H])([2H])NC(=O)C([2H])([2H])Oc1cc2cc(Cc3nc(N4C[C@H](C)C[C@H](C)C4)ncc3Cl)ccc2n(C([2H])([2H])[2H])c1=O. The number of hydrogen-bond donors (Lipinski definition) is 1. The highest BCUT2D eigenvalue weighted by molar-refractivity contribution is 6.31. The number of hydrogen-bond acceptors (Lipinski definition) is 6. The third-order valence-corrected chi connectivity index (χ3v) is 6.04. The van der Waals surface area contributed by atoms with Crippen LogP contribution in [0.2, 0.25) is 5.02 Å². The maximum absolute atomic E-state index is 13.1. The third kappa shape index (κ3) is 5.17. The molecule has 0 aliphatic carbocycles. The van der Waals surface area contributed by atoms with Crippen molar-refractivity contribution < 1.29 is 20.5 Å². The second-order valence-corrected chi connectivity index (χ2v) is 9.10. The van der Waals surface area contributed by atoms with Crippen LogP contribution in [0.3, 0.4) is 0 Å². The van der Waals surface area contributed by atoms with Gasteiger partial charge in [-0.2, -0.15) is 0 Å². The van der Waals surface area contributed by atoms with Gasteiger partial charge in [-0.05, 0) is 42.0 Å². The first-order valence-electron chi connectivity index (χ1n) is 14.8. The molecule has 0 saturated carbocycles. The van der Waals surface area contributed by atoms with Crippen molar-refractivity contribution in [1.82, 2.24) is 19.9 Å². The van der Waals surface area contributed by atoms with Crippen molar-refractivity contribution in [3.8, 4) is 5.75 Å². The molecule has 1 saturated heterocycles. The van der Waals surface area contributed by atoms with Gasteiger partial charge in [-0.25, -0.2) is 9.97 Å². The van der Waals surface area contributed by atoms with Gasteiger partial charge in [0.1, 0.15) is 0 Å². The van der Waals surface area contributed by atoms with Crippen molar-refractivity contribution >= 4 is 34.4 Å². The average Bonchev–Trinajstić information content (AvgIpc) is 2.83. The van der Waals surface area contributed by atoms with Gasteiger partial charge in [-0.3, -0.25) is 9.59 Å². The molecule has 1 N–H and O–H groups in total. The topological polar surface area (TPSA) is 89.3 Å². The summed E-state index contributed by atoms with van der Waals surface area (Å²) in [5, 5.41) is 1.99. The van der Waals surface area contributed by atoms with Crippen molar-refractivity contribution in [2.45, 2.75) is 26.7 Å². The standard InChI is InChI=1S/C25H30ClN5O3/c1-15-7-16(2)13-31(12-15)25-28-11-19(26)20(29-25)9-17-5-6-21-18(8-17)10-22(24(33)30(21)4)34-14-23(32)27-3/h5-6,8,10-11,15-16H,7,9,12-14H2,1-4H3,(H,27,32)/t15-,16+/i3D3,4D3,14D2. The summed E-state index contributed by atoms with van der Waals surface area (Å²) in [6, 6.07) is 5.73. The predicted molar refractivity (Wildman–Crippen MR) is 134 cm³/mol. The van der Waals surface area contributed by atoms with Gasteiger partial charge in [-0.15, -0.1) is 0 Å². The quantitative estimate of drug-likeness (QED) is 0.569. The first kappa shape index (κ1) is 15.7. The van der Waals surface area contributed by atoms with Crippen molar-refractivity contribution in [3.05, 3.63) is 57.1 Å². The minimum absolute atomic E-state index is 0.00868. The van der Waals surface area contributed by atoms with E-state index in [9.17, 15) is 9.59 Å². The van der Waals surface area contributed by atoms with E-state index >= 15 is 0 Å². The number of nitrogens with zero attached hydrogens (tertiary/aromatic N) is 4. The highest BCUT2D eigenvalue weighted by Crippen LogP contribution is 2.27. The average molecular weight is 492 g/mol. The minimum Gasteiger partial charge on any atom is -0.478 e. The maximum Gasteiger partial charge on any atom is 0.293 e. The smallest absolute Gasteiger partial charge is 0.293 e. The fourth-order valence-corrected chi connectivity index (χ4v) is 4.50. The fourth-order valence-electron chi connectivity index (χ4n) is 4.34. The van der Waals surface area contributed by atoms with E-state index in [0.717, 1.165) is 25.6 Å². The van der Waals surface area contributed by atoms with Crippen LogP contribution in [0.5, 0.6) is 5.75 Å². The van der Waals surface area contributed by atoms with Gasteiger partial charge in [0.2, 0.25) is 5.95 Å². The molecule has 1 aromatic carbocycles. The Bertz CT molecular complexity index is 1550. The second kappa shape index (κ2) is 10.0. The molecule has 2 aromatic heterocycles. The summed E-state index contributed by atoms with van der Waals surface area (Å²) in [5.41, 5.74) is -0.0480. The third-order valence-electron chi connectivity index (χ3n) is 5.73. The van der Waals surface area contributed by atoms with Crippen LogP contribution in [0, 0.1) is 11.8 Å². The number of amides is 1. The van der Waals surface area contributed by atoms with Crippen molar-refractivity contribution in [3.63, 3.8) is 0 Å². The van der Waals surface area contributed by atoms with Crippen LogP contribution in [0.4, 0.5) is 5.95 Å². The van der Waals surface area contributed by atoms with Gasteiger partial charge in [0.05, 0.1) is 25.2 Å². The molecule has 3 aromatic rings. The van der Waals surface area contributed by atoms with Gasteiger partial charge < -0.3 is 19.5 Å². The summed E-state index contributed by atoms with van der Waals surface area (Å²) >= 11 is 6.44. The Labute approximate surface area is 215 Å². The lowest BCUT2D eigenvalue weighted by Crippen LogP contribution is -2.39. The van der Waals surface area contributed by atoms with Crippen molar-refractivity contribution in [2.75, 3.05) is 31.5 Å². The number of benzene rings is 1. The Hall–Kier alpha value is -3.13. The molecule has 1 aliphatic rings. The largest absolute Gasteiger partial charge is 0.478 e. The van der Waals surface area contributed by atoms with Gasteiger partial charge in [0, 0.05) is 47.1 Å². The first-order chi connectivity index (χ1) is 19.3. The lowest BCUT2D eigenvalue weighted by molar-refractivity contribution is -0.122. The molecule has 8 nitrogen and oxygen atoms in total. The van der Waals surface area contributed by atoms with E-state index < -0.39 is 37.7 Å². The number of nitrogens with one attached hydrogen (secondary N) is 1. The van der Waals surface area contributed by atoms with Crippen LogP contribution < -0.4 is 20.5 Å². The van der Waals surface area contributed by atoms with E-state index in [0.29, 0.717) is 38.6 Å². The molecule has 1 fully saturated rings. The molecule has 34 heavy (non-hydrogen) atoms. The Kier molecular flexibility index (Phi) is 4.63. The van der Waals surface area contributed by atoms with Gasteiger partial charge in [-0.1, -0.05) is 31.5 Å². The lowest BCUT2D eigenvalue weighted by atomic mass is 9.92. The number of aryl methyl sites for hydroxylation is 1. The number of carbonyl (C=O) groups excluding carboxylic acids is 1. The van der Waals surface area contributed by atoms with E-state index in [2.05, 4.69) is 23.7 Å². The number of fused-ring (bicyclic) bond motifs is 1. The van der Waals surface area contributed by atoms with E-state index in [4.69, 9.17) is 32.3 Å². The van der Waals surface area contributed by atoms with E-state index in [-0.39, 0.29) is 17.3 Å². The Morgan fingerprint density at radius 2 is 2.12 bits per heavy atom.